The first kappa shape index (κ1) is 15.0. The molecule has 0 aromatic rings. The van der Waals surface area contributed by atoms with Crippen LogP contribution in [0.2, 0.25) is 0 Å². The van der Waals surface area contributed by atoms with Crippen molar-refractivity contribution in [3.63, 3.8) is 0 Å². The van der Waals surface area contributed by atoms with Gasteiger partial charge in [0.25, 0.3) is 12.2 Å². The average Bonchev–Trinajstić information content (AvgIpc) is 2.30. The molecule has 2 saturated heterocycles. The zero-order valence-corrected chi connectivity index (χ0v) is 10.6. The van der Waals surface area contributed by atoms with Crippen molar-refractivity contribution in [2.45, 2.75) is 18.9 Å². The summed E-state index contributed by atoms with van der Waals surface area (Å²) in [4.78, 5) is 23.9. The van der Waals surface area contributed by atoms with Crippen LogP contribution >= 0.6 is 0 Å². The summed E-state index contributed by atoms with van der Waals surface area (Å²) >= 11 is 0. The molecular weight excluding hydrogens is 281 g/mol. The Labute approximate surface area is 113 Å². The Morgan fingerprint density at radius 3 is 2.70 bits per heavy atom. The lowest BCUT2D eigenvalue weighted by Gasteiger charge is -2.34. The van der Waals surface area contributed by atoms with Crippen LogP contribution in [-0.4, -0.2) is 62.0 Å². The zero-order chi connectivity index (χ0) is 14.8. The first-order valence-corrected chi connectivity index (χ1v) is 6.27. The number of amides is 1. The number of nitrogens with one attached hydrogen (secondary N) is 1. The Balaban J connectivity index is 1.84. The number of rotatable bonds is 4. The molecule has 0 saturated carbocycles. The van der Waals surface area contributed by atoms with E-state index in [1.807, 2.05) is 0 Å². The summed E-state index contributed by atoms with van der Waals surface area (Å²) in [5.41, 5.74) is 0. The Bertz CT molecular complexity index is 384. The molecule has 0 bridgehead atoms. The van der Waals surface area contributed by atoms with Crippen molar-refractivity contribution in [1.82, 2.24) is 10.2 Å². The molecular formula is C11H15F3N2O4. The van der Waals surface area contributed by atoms with E-state index in [-0.39, 0.29) is 6.61 Å². The van der Waals surface area contributed by atoms with Gasteiger partial charge >= 0.3 is 12.1 Å². The number of nitrogens with zero attached hydrogens (tertiary/aromatic N) is 1. The molecule has 2 heterocycles. The van der Waals surface area contributed by atoms with Gasteiger partial charge in [-0.25, -0.2) is 4.79 Å². The van der Waals surface area contributed by atoms with E-state index in [9.17, 15) is 22.8 Å². The SMILES string of the molecule is O=C1C(OC(=O)C(F)(F)F)OCCN1CCC1CNC1. The molecule has 0 spiro atoms. The van der Waals surface area contributed by atoms with Crippen LogP contribution in [0.15, 0.2) is 0 Å². The van der Waals surface area contributed by atoms with E-state index in [0.29, 0.717) is 19.0 Å². The highest BCUT2D eigenvalue weighted by Gasteiger charge is 2.45. The first-order valence-electron chi connectivity index (χ1n) is 6.27. The van der Waals surface area contributed by atoms with E-state index in [1.165, 1.54) is 4.90 Å². The number of hydrogen-bond donors (Lipinski definition) is 1. The summed E-state index contributed by atoms with van der Waals surface area (Å²) in [5, 5.41) is 3.09. The van der Waals surface area contributed by atoms with E-state index in [4.69, 9.17) is 4.74 Å². The van der Waals surface area contributed by atoms with E-state index in [0.717, 1.165) is 19.5 Å². The Morgan fingerprint density at radius 2 is 2.15 bits per heavy atom. The molecule has 1 atom stereocenters. The maximum absolute atomic E-state index is 12.1. The van der Waals surface area contributed by atoms with Gasteiger partial charge in [-0.3, -0.25) is 4.79 Å². The summed E-state index contributed by atoms with van der Waals surface area (Å²) in [6.45, 7) is 2.52. The molecule has 20 heavy (non-hydrogen) atoms. The highest BCUT2D eigenvalue weighted by atomic mass is 19.4. The molecule has 0 aromatic heterocycles. The summed E-state index contributed by atoms with van der Waals surface area (Å²) in [7, 11) is 0. The molecule has 1 unspecified atom stereocenters. The summed E-state index contributed by atoms with van der Waals surface area (Å²) in [6.07, 6.45) is -6.17. The Morgan fingerprint density at radius 1 is 1.45 bits per heavy atom. The third-order valence-corrected chi connectivity index (χ3v) is 3.26. The molecule has 0 aliphatic carbocycles. The van der Waals surface area contributed by atoms with Gasteiger partial charge in [0.1, 0.15) is 0 Å². The maximum Gasteiger partial charge on any atom is 0.491 e. The molecule has 0 aromatic carbocycles. The van der Waals surface area contributed by atoms with Crippen LogP contribution in [0.3, 0.4) is 0 Å². The number of morpholine rings is 1. The molecule has 2 aliphatic rings. The van der Waals surface area contributed by atoms with Gasteiger partial charge in [0.2, 0.25) is 0 Å². The Hall–Kier alpha value is -1.35. The van der Waals surface area contributed by atoms with Crippen molar-refractivity contribution in [3.8, 4) is 0 Å². The van der Waals surface area contributed by atoms with E-state index >= 15 is 0 Å². The smallest absolute Gasteiger partial charge is 0.419 e. The highest BCUT2D eigenvalue weighted by molar-refractivity contribution is 5.84. The monoisotopic (exact) mass is 296 g/mol. The molecule has 6 nitrogen and oxygen atoms in total. The average molecular weight is 296 g/mol. The highest BCUT2D eigenvalue weighted by Crippen LogP contribution is 2.20. The summed E-state index contributed by atoms with van der Waals surface area (Å²) < 4.78 is 45.1. The molecule has 114 valence electrons. The second-order valence-corrected chi connectivity index (χ2v) is 4.74. The van der Waals surface area contributed by atoms with Gasteiger partial charge in [-0.2, -0.15) is 13.2 Å². The van der Waals surface area contributed by atoms with E-state index in [1.54, 1.807) is 0 Å². The predicted molar refractivity (Wildman–Crippen MR) is 59.4 cm³/mol. The summed E-state index contributed by atoms with van der Waals surface area (Å²) in [5.74, 6) is -2.68. The van der Waals surface area contributed by atoms with E-state index < -0.39 is 24.3 Å². The molecule has 1 N–H and O–H groups in total. The predicted octanol–water partition coefficient (Wildman–Crippen LogP) is -0.114. The number of carbonyl (C=O) groups is 2. The van der Waals surface area contributed by atoms with Crippen molar-refractivity contribution in [1.29, 1.82) is 0 Å². The number of hydrogen-bond acceptors (Lipinski definition) is 5. The molecule has 2 fully saturated rings. The number of esters is 1. The van der Waals surface area contributed by atoms with Crippen LogP contribution < -0.4 is 5.32 Å². The fourth-order valence-corrected chi connectivity index (χ4v) is 1.96. The van der Waals surface area contributed by atoms with Gasteiger partial charge in [0.15, 0.2) is 0 Å². The van der Waals surface area contributed by atoms with Gasteiger partial charge in [0.05, 0.1) is 6.61 Å². The van der Waals surface area contributed by atoms with Crippen LogP contribution in [0.25, 0.3) is 0 Å². The zero-order valence-electron chi connectivity index (χ0n) is 10.6. The number of carbonyl (C=O) groups excluding carboxylic acids is 2. The third-order valence-electron chi connectivity index (χ3n) is 3.26. The minimum Gasteiger partial charge on any atom is -0.419 e. The third kappa shape index (κ3) is 3.60. The molecule has 2 aliphatic heterocycles. The van der Waals surface area contributed by atoms with Crippen molar-refractivity contribution in [2.75, 3.05) is 32.8 Å². The number of alkyl halides is 3. The minimum atomic E-state index is -5.14. The fraction of sp³-hybridized carbons (Fsp3) is 0.818. The van der Waals surface area contributed by atoms with Crippen LogP contribution in [0.4, 0.5) is 13.2 Å². The van der Waals surface area contributed by atoms with Crippen molar-refractivity contribution in [2.24, 2.45) is 5.92 Å². The number of ether oxygens (including phenoxy) is 2. The quantitative estimate of drug-likeness (QED) is 0.733. The van der Waals surface area contributed by atoms with Crippen molar-refractivity contribution >= 4 is 11.9 Å². The Kier molecular flexibility index (Phi) is 4.48. The lowest BCUT2D eigenvalue weighted by molar-refractivity contribution is -0.233. The van der Waals surface area contributed by atoms with E-state index in [2.05, 4.69) is 10.1 Å². The van der Waals surface area contributed by atoms with Gasteiger partial charge in [-0.05, 0) is 25.4 Å². The molecule has 9 heteroatoms. The summed E-state index contributed by atoms with van der Waals surface area (Å²) in [6, 6.07) is 0. The van der Waals surface area contributed by atoms with Crippen LogP contribution in [0, 0.1) is 5.92 Å². The molecule has 2 rings (SSSR count). The van der Waals surface area contributed by atoms with Gasteiger partial charge < -0.3 is 19.7 Å². The lowest BCUT2D eigenvalue weighted by Crippen LogP contribution is -2.52. The van der Waals surface area contributed by atoms with Gasteiger partial charge in [-0.1, -0.05) is 0 Å². The fourth-order valence-electron chi connectivity index (χ4n) is 1.96. The van der Waals surface area contributed by atoms with Crippen molar-refractivity contribution < 1.29 is 32.2 Å². The second kappa shape index (κ2) is 5.96. The standard InChI is InChI=1S/C11H15F3N2O4/c12-11(13,14)10(18)20-9-8(17)16(3-4-19-9)2-1-7-5-15-6-7/h7,9,15H,1-6H2. The van der Waals surface area contributed by atoms with Crippen LogP contribution in [-0.2, 0) is 19.1 Å². The number of halogens is 3. The second-order valence-electron chi connectivity index (χ2n) is 4.74. The van der Waals surface area contributed by atoms with Crippen molar-refractivity contribution in [3.05, 3.63) is 0 Å². The molecule has 1 amide bonds. The topological polar surface area (TPSA) is 67.9 Å². The van der Waals surface area contributed by atoms with Gasteiger partial charge in [0, 0.05) is 13.1 Å². The normalized spacial score (nSPS) is 24.4. The minimum absolute atomic E-state index is 0.0461. The molecule has 0 radical (unpaired) electrons. The van der Waals surface area contributed by atoms with Crippen LogP contribution in [0.5, 0.6) is 0 Å². The largest absolute Gasteiger partial charge is 0.491 e. The first-order chi connectivity index (χ1) is 9.38. The maximum atomic E-state index is 12.1. The lowest BCUT2D eigenvalue weighted by atomic mass is 9.99. The van der Waals surface area contributed by atoms with Crippen LogP contribution in [0.1, 0.15) is 6.42 Å². The van der Waals surface area contributed by atoms with Gasteiger partial charge in [-0.15, -0.1) is 0 Å².